The van der Waals surface area contributed by atoms with Crippen LogP contribution in [0.1, 0.15) is 44.0 Å². The van der Waals surface area contributed by atoms with Gasteiger partial charge in [-0.2, -0.15) is 0 Å². The molecule has 1 heterocycles. The summed E-state index contributed by atoms with van der Waals surface area (Å²) in [4.78, 5) is 23.7. The number of esters is 1. The lowest BCUT2D eigenvalue weighted by Gasteiger charge is -2.12. The molecule has 0 saturated heterocycles. The first-order valence-corrected chi connectivity index (χ1v) is 7.84. The van der Waals surface area contributed by atoms with Gasteiger partial charge in [0.1, 0.15) is 5.52 Å². The fourth-order valence-corrected chi connectivity index (χ4v) is 2.37. The maximum absolute atomic E-state index is 12.0. The molecule has 1 N–H and O–H groups in total. The predicted molar refractivity (Wildman–Crippen MR) is 86.0 cm³/mol. The van der Waals surface area contributed by atoms with Gasteiger partial charge in [-0.3, -0.25) is 4.79 Å². The van der Waals surface area contributed by atoms with Crippen LogP contribution in [0.25, 0.3) is 11.0 Å². The maximum Gasteiger partial charge on any atom is 0.338 e. The van der Waals surface area contributed by atoms with E-state index < -0.39 is 5.97 Å². The number of carbonyl (C=O) groups excluding carboxylic acids is 2. The second-order valence-corrected chi connectivity index (χ2v) is 5.44. The van der Waals surface area contributed by atoms with E-state index in [4.69, 9.17) is 4.74 Å². The minimum Gasteiger partial charge on any atom is -0.452 e. The van der Waals surface area contributed by atoms with E-state index >= 15 is 0 Å². The average molecular weight is 318 g/mol. The van der Waals surface area contributed by atoms with Gasteiger partial charge in [-0.15, -0.1) is 5.10 Å². The molecule has 7 nitrogen and oxygen atoms in total. The van der Waals surface area contributed by atoms with E-state index in [-0.39, 0.29) is 18.6 Å². The highest BCUT2D eigenvalue weighted by Crippen LogP contribution is 2.14. The average Bonchev–Trinajstić information content (AvgIpc) is 2.94. The number of aryl methyl sites for hydroxylation is 1. The lowest BCUT2D eigenvalue weighted by atomic mass is 10.2. The van der Waals surface area contributed by atoms with E-state index in [1.54, 1.807) is 22.9 Å². The maximum atomic E-state index is 12.0. The lowest BCUT2D eigenvalue weighted by molar-refractivity contribution is -0.124. The molecule has 0 bridgehead atoms. The molecule has 2 aromatic rings. The molecule has 1 atom stereocenters. The van der Waals surface area contributed by atoms with E-state index in [0.29, 0.717) is 17.6 Å². The monoisotopic (exact) mass is 318 g/mol. The van der Waals surface area contributed by atoms with Crippen molar-refractivity contribution in [1.29, 1.82) is 0 Å². The molecule has 1 aromatic carbocycles. The molecule has 124 valence electrons. The van der Waals surface area contributed by atoms with Crippen LogP contribution in [0.15, 0.2) is 18.2 Å². The van der Waals surface area contributed by atoms with Crippen molar-refractivity contribution in [1.82, 2.24) is 20.3 Å². The van der Waals surface area contributed by atoms with Gasteiger partial charge in [-0.1, -0.05) is 18.6 Å². The van der Waals surface area contributed by atoms with E-state index in [1.165, 1.54) is 0 Å². The summed E-state index contributed by atoms with van der Waals surface area (Å²) in [5.41, 5.74) is 1.84. The van der Waals surface area contributed by atoms with Crippen molar-refractivity contribution in [2.45, 2.75) is 46.2 Å². The molecule has 0 aliphatic rings. The molecule has 0 radical (unpaired) electrons. The Hall–Kier alpha value is -2.44. The molecular weight excluding hydrogens is 296 g/mol. The highest BCUT2D eigenvalue weighted by Gasteiger charge is 2.13. The Kier molecular flexibility index (Phi) is 5.67. The summed E-state index contributed by atoms with van der Waals surface area (Å²) in [6.07, 6.45) is 1.88. The van der Waals surface area contributed by atoms with Crippen LogP contribution in [0.2, 0.25) is 0 Å². The molecule has 0 aliphatic carbocycles. The van der Waals surface area contributed by atoms with E-state index in [9.17, 15) is 9.59 Å². The lowest BCUT2D eigenvalue weighted by Crippen LogP contribution is -2.35. The third-order valence-electron chi connectivity index (χ3n) is 3.51. The summed E-state index contributed by atoms with van der Waals surface area (Å²) in [6.45, 7) is 6.36. The van der Waals surface area contributed by atoms with Gasteiger partial charge in [-0.25, -0.2) is 9.48 Å². The van der Waals surface area contributed by atoms with Crippen LogP contribution in [0, 0.1) is 0 Å². The van der Waals surface area contributed by atoms with Crippen LogP contribution in [0.4, 0.5) is 0 Å². The Labute approximate surface area is 135 Å². The smallest absolute Gasteiger partial charge is 0.338 e. The van der Waals surface area contributed by atoms with E-state index in [1.807, 2.05) is 20.8 Å². The zero-order chi connectivity index (χ0) is 16.8. The Morgan fingerprint density at radius 1 is 1.35 bits per heavy atom. The Balaban J connectivity index is 1.94. The second kappa shape index (κ2) is 7.71. The molecule has 7 heteroatoms. The van der Waals surface area contributed by atoms with Crippen molar-refractivity contribution in [3.8, 4) is 0 Å². The zero-order valence-corrected chi connectivity index (χ0v) is 13.7. The number of nitrogens with one attached hydrogen (secondary N) is 1. The quantitative estimate of drug-likeness (QED) is 0.788. The van der Waals surface area contributed by atoms with Crippen molar-refractivity contribution in [2.75, 3.05) is 6.61 Å². The predicted octanol–water partition coefficient (Wildman–Crippen LogP) is 1.91. The number of carbonyl (C=O) groups is 2. The summed E-state index contributed by atoms with van der Waals surface area (Å²) in [6, 6.07) is 5.12. The molecule has 0 spiro atoms. The molecule has 1 amide bonds. The van der Waals surface area contributed by atoms with Crippen molar-refractivity contribution in [3.63, 3.8) is 0 Å². The molecule has 0 saturated carbocycles. The molecule has 23 heavy (non-hydrogen) atoms. The Morgan fingerprint density at radius 2 is 2.13 bits per heavy atom. The van der Waals surface area contributed by atoms with Crippen LogP contribution in [-0.4, -0.2) is 39.5 Å². The number of ether oxygens (including phenoxy) is 1. The normalized spacial score (nSPS) is 12.1. The van der Waals surface area contributed by atoms with Crippen LogP contribution in [0.3, 0.4) is 0 Å². The third-order valence-corrected chi connectivity index (χ3v) is 3.51. The fraction of sp³-hybridized carbons (Fsp3) is 0.500. The first-order chi connectivity index (χ1) is 11.0. The number of benzene rings is 1. The number of amides is 1. The first kappa shape index (κ1) is 16.9. The van der Waals surface area contributed by atoms with Gasteiger partial charge in [0, 0.05) is 12.6 Å². The molecular formula is C16H22N4O3. The van der Waals surface area contributed by atoms with Crippen molar-refractivity contribution in [2.24, 2.45) is 0 Å². The number of aromatic nitrogens is 3. The largest absolute Gasteiger partial charge is 0.452 e. The van der Waals surface area contributed by atoms with Gasteiger partial charge in [0.25, 0.3) is 5.91 Å². The molecule has 1 aromatic heterocycles. The van der Waals surface area contributed by atoms with Gasteiger partial charge >= 0.3 is 5.97 Å². The minimum atomic E-state index is -0.545. The molecule has 0 fully saturated rings. The highest BCUT2D eigenvalue weighted by atomic mass is 16.5. The van der Waals surface area contributed by atoms with E-state index in [0.717, 1.165) is 18.4 Å². The van der Waals surface area contributed by atoms with Crippen molar-refractivity contribution < 1.29 is 14.3 Å². The first-order valence-electron chi connectivity index (χ1n) is 7.84. The van der Waals surface area contributed by atoms with Gasteiger partial charge in [0.05, 0.1) is 11.1 Å². The number of hydrogen-bond acceptors (Lipinski definition) is 5. The summed E-state index contributed by atoms with van der Waals surface area (Å²) < 4.78 is 6.79. The minimum absolute atomic E-state index is 0.0756. The van der Waals surface area contributed by atoms with E-state index in [2.05, 4.69) is 15.6 Å². The Bertz CT molecular complexity index is 696. The molecule has 1 unspecified atom stereocenters. The van der Waals surface area contributed by atoms with Gasteiger partial charge in [0.2, 0.25) is 0 Å². The van der Waals surface area contributed by atoms with Crippen molar-refractivity contribution in [3.05, 3.63) is 23.8 Å². The molecule has 2 rings (SSSR count). The second-order valence-electron chi connectivity index (χ2n) is 5.44. The van der Waals surface area contributed by atoms with Gasteiger partial charge in [-0.05, 0) is 38.5 Å². The summed E-state index contributed by atoms with van der Waals surface area (Å²) in [7, 11) is 0. The number of rotatable bonds is 7. The van der Waals surface area contributed by atoms with Crippen LogP contribution >= 0.6 is 0 Å². The summed E-state index contributed by atoms with van der Waals surface area (Å²) in [5, 5.41) is 10.8. The molecule has 0 aliphatic heterocycles. The highest BCUT2D eigenvalue weighted by molar-refractivity contribution is 5.94. The number of nitrogens with zero attached hydrogens (tertiary/aromatic N) is 3. The fourth-order valence-electron chi connectivity index (χ4n) is 2.37. The summed E-state index contributed by atoms with van der Waals surface area (Å²) >= 11 is 0. The third kappa shape index (κ3) is 4.28. The van der Waals surface area contributed by atoms with Crippen LogP contribution < -0.4 is 5.32 Å². The topological polar surface area (TPSA) is 86.1 Å². The van der Waals surface area contributed by atoms with Crippen LogP contribution in [0.5, 0.6) is 0 Å². The van der Waals surface area contributed by atoms with Gasteiger partial charge in [0.15, 0.2) is 6.61 Å². The Morgan fingerprint density at radius 3 is 2.83 bits per heavy atom. The zero-order valence-electron chi connectivity index (χ0n) is 13.7. The van der Waals surface area contributed by atoms with Crippen molar-refractivity contribution >= 4 is 22.9 Å². The SMILES string of the molecule is CCCC(C)NC(=O)COC(=O)c1ccc2c(c1)nnn2CC. The van der Waals surface area contributed by atoms with Crippen LogP contribution in [-0.2, 0) is 16.1 Å². The standard InChI is InChI=1S/C16H22N4O3/c1-4-6-11(3)17-15(21)10-23-16(22)12-7-8-14-13(9-12)18-19-20(14)5-2/h7-9,11H,4-6,10H2,1-3H3,(H,17,21). The summed E-state index contributed by atoms with van der Waals surface area (Å²) in [5.74, 6) is -0.839. The van der Waals surface area contributed by atoms with Gasteiger partial charge < -0.3 is 10.1 Å². The number of fused-ring (bicyclic) bond motifs is 1. The number of hydrogen-bond donors (Lipinski definition) is 1.